The van der Waals surface area contributed by atoms with Gasteiger partial charge in [-0.1, -0.05) is 50.7 Å². The maximum absolute atomic E-state index is 12.9. The largest absolute Gasteiger partial charge is 0.298 e. The van der Waals surface area contributed by atoms with Crippen LogP contribution in [0.15, 0.2) is 29.2 Å². The Labute approximate surface area is 178 Å². The number of hydrogen-bond donors (Lipinski definition) is 0. The van der Waals surface area contributed by atoms with Crippen LogP contribution in [0, 0.1) is 11.3 Å². The fourth-order valence-corrected chi connectivity index (χ4v) is 6.98. The molecule has 5 heteroatoms. The highest BCUT2D eigenvalue weighted by atomic mass is 32.2. The van der Waals surface area contributed by atoms with E-state index in [0.29, 0.717) is 5.25 Å². The Hall–Kier alpha value is -1.22. The molecule has 1 aliphatic heterocycles. The minimum Gasteiger partial charge on any atom is -0.298 e. The van der Waals surface area contributed by atoms with Crippen molar-refractivity contribution in [2.45, 2.75) is 86.4 Å². The van der Waals surface area contributed by atoms with Crippen LogP contribution >= 0.6 is 0 Å². The molecule has 29 heavy (non-hydrogen) atoms. The summed E-state index contributed by atoms with van der Waals surface area (Å²) in [4.78, 5) is 5.91. The Balaban J connectivity index is 1.35. The third-order valence-electron chi connectivity index (χ3n) is 7.21. The van der Waals surface area contributed by atoms with Gasteiger partial charge < -0.3 is 0 Å². The molecule has 0 spiro atoms. The molecular weight excluding hydrogens is 378 g/mol. The van der Waals surface area contributed by atoms with E-state index in [2.05, 4.69) is 15.9 Å². The predicted octanol–water partition coefficient (Wildman–Crippen LogP) is 4.64. The van der Waals surface area contributed by atoms with Crippen LogP contribution in [0.25, 0.3) is 0 Å². The van der Waals surface area contributed by atoms with Crippen molar-refractivity contribution in [1.29, 1.82) is 5.26 Å². The lowest BCUT2D eigenvalue weighted by atomic mass is 9.93. The van der Waals surface area contributed by atoms with Crippen LogP contribution in [0.2, 0.25) is 0 Å². The van der Waals surface area contributed by atoms with Crippen molar-refractivity contribution >= 4 is 10.8 Å². The van der Waals surface area contributed by atoms with Gasteiger partial charge >= 0.3 is 0 Å². The van der Waals surface area contributed by atoms with Gasteiger partial charge in [-0.15, -0.1) is 0 Å². The van der Waals surface area contributed by atoms with Crippen LogP contribution in [0.4, 0.5) is 0 Å². The van der Waals surface area contributed by atoms with Gasteiger partial charge in [-0.2, -0.15) is 5.26 Å². The van der Waals surface area contributed by atoms with Gasteiger partial charge in [0.25, 0.3) is 0 Å². The predicted molar refractivity (Wildman–Crippen MR) is 118 cm³/mol. The molecule has 0 N–H and O–H groups in total. The second-order valence-corrected chi connectivity index (χ2v) is 10.8. The van der Waals surface area contributed by atoms with Gasteiger partial charge in [0.15, 0.2) is 0 Å². The smallest absolute Gasteiger partial charge is 0.123 e. The first kappa shape index (κ1) is 21.0. The SMILES string of the molecule is N#CC(c1ccc(S(=O)C2CCCCC2)cc1)N1CCN(C2CCCCC2)CC1. The number of piperazine rings is 1. The van der Waals surface area contributed by atoms with Crippen LogP contribution in [0.3, 0.4) is 0 Å². The number of rotatable bonds is 5. The van der Waals surface area contributed by atoms with Crippen molar-refractivity contribution in [3.63, 3.8) is 0 Å². The molecule has 1 aromatic rings. The van der Waals surface area contributed by atoms with E-state index in [0.717, 1.165) is 55.5 Å². The third-order valence-corrected chi connectivity index (χ3v) is 9.02. The summed E-state index contributed by atoms with van der Waals surface area (Å²) in [6, 6.07) is 11.2. The molecule has 1 aromatic carbocycles. The van der Waals surface area contributed by atoms with Gasteiger partial charge in [0, 0.05) is 42.4 Å². The zero-order chi connectivity index (χ0) is 20.1. The van der Waals surface area contributed by atoms with Crippen LogP contribution < -0.4 is 0 Å². The number of hydrogen-bond acceptors (Lipinski definition) is 4. The van der Waals surface area contributed by atoms with Crippen LogP contribution in [-0.4, -0.2) is 51.5 Å². The molecule has 1 saturated heterocycles. The van der Waals surface area contributed by atoms with Crippen LogP contribution in [0.1, 0.15) is 75.8 Å². The molecule has 2 atom stereocenters. The fourth-order valence-electron chi connectivity index (χ4n) is 5.43. The van der Waals surface area contributed by atoms with Crippen molar-refractivity contribution in [1.82, 2.24) is 9.80 Å². The zero-order valence-corrected chi connectivity index (χ0v) is 18.4. The lowest BCUT2D eigenvalue weighted by Gasteiger charge is -2.42. The van der Waals surface area contributed by atoms with Crippen molar-refractivity contribution in [2.75, 3.05) is 26.2 Å². The van der Waals surface area contributed by atoms with Crippen LogP contribution in [-0.2, 0) is 10.8 Å². The number of nitrogens with zero attached hydrogens (tertiary/aromatic N) is 3. The Morgan fingerprint density at radius 3 is 2.03 bits per heavy atom. The summed E-state index contributed by atoms with van der Waals surface area (Å²) < 4.78 is 12.9. The van der Waals surface area contributed by atoms with Gasteiger partial charge in [0.1, 0.15) is 6.04 Å². The molecule has 1 heterocycles. The summed E-state index contributed by atoms with van der Waals surface area (Å²) in [5.41, 5.74) is 1.04. The average molecular weight is 414 g/mol. The third kappa shape index (κ3) is 5.10. The van der Waals surface area contributed by atoms with E-state index in [1.807, 2.05) is 24.3 Å². The van der Waals surface area contributed by atoms with E-state index < -0.39 is 10.8 Å². The van der Waals surface area contributed by atoms with E-state index in [1.165, 1.54) is 51.4 Å². The maximum atomic E-state index is 12.9. The van der Waals surface area contributed by atoms with Gasteiger partial charge in [-0.3, -0.25) is 14.0 Å². The van der Waals surface area contributed by atoms with E-state index in [4.69, 9.17) is 0 Å². The zero-order valence-electron chi connectivity index (χ0n) is 17.6. The summed E-state index contributed by atoms with van der Waals surface area (Å²) in [5.74, 6) is 0. The van der Waals surface area contributed by atoms with E-state index in [-0.39, 0.29) is 6.04 Å². The minimum absolute atomic E-state index is 0.194. The molecule has 0 radical (unpaired) electrons. The second kappa shape index (κ2) is 10.2. The first-order valence-electron chi connectivity index (χ1n) is 11.6. The van der Waals surface area contributed by atoms with E-state index in [1.54, 1.807) is 0 Å². The van der Waals surface area contributed by atoms with Gasteiger partial charge in [0.2, 0.25) is 0 Å². The number of benzene rings is 1. The standard InChI is InChI=1S/C24H35N3OS/c25-19-24(27-17-15-26(16-18-27)21-7-3-1-4-8-21)20-11-13-23(14-12-20)29(28)22-9-5-2-6-10-22/h11-14,21-22,24H,1-10,15-18H2. The topological polar surface area (TPSA) is 47.3 Å². The Kier molecular flexibility index (Phi) is 7.39. The molecular formula is C24H35N3OS. The Bertz CT molecular complexity index is 709. The normalized spacial score (nSPS) is 25.3. The molecule has 158 valence electrons. The van der Waals surface area contributed by atoms with E-state index in [9.17, 15) is 9.47 Å². The summed E-state index contributed by atoms with van der Waals surface area (Å²) in [6.45, 7) is 4.08. The summed E-state index contributed by atoms with van der Waals surface area (Å²) in [5, 5.41) is 10.2. The highest BCUT2D eigenvalue weighted by Gasteiger charge is 2.29. The molecule has 4 nitrogen and oxygen atoms in total. The lowest BCUT2D eigenvalue weighted by Crippen LogP contribution is -2.51. The molecule has 2 aliphatic carbocycles. The lowest BCUT2D eigenvalue weighted by molar-refractivity contribution is 0.0676. The highest BCUT2D eigenvalue weighted by molar-refractivity contribution is 7.85. The van der Waals surface area contributed by atoms with Crippen molar-refractivity contribution in [3.05, 3.63) is 29.8 Å². The average Bonchev–Trinajstić information content (AvgIpc) is 2.81. The molecule has 2 saturated carbocycles. The summed E-state index contributed by atoms with van der Waals surface area (Å²) in [7, 11) is -0.909. The molecule has 4 rings (SSSR count). The Morgan fingerprint density at radius 2 is 1.45 bits per heavy atom. The highest BCUT2D eigenvalue weighted by Crippen LogP contribution is 2.29. The van der Waals surface area contributed by atoms with Gasteiger partial charge in [-0.25, -0.2) is 0 Å². The second-order valence-electron chi connectivity index (χ2n) is 9.02. The minimum atomic E-state index is -0.909. The Morgan fingerprint density at radius 1 is 0.862 bits per heavy atom. The van der Waals surface area contributed by atoms with E-state index >= 15 is 0 Å². The number of nitriles is 1. The maximum Gasteiger partial charge on any atom is 0.123 e. The first-order chi connectivity index (χ1) is 14.3. The van der Waals surface area contributed by atoms with Crippen LogP contribution in [0.5, 0.6) is 0 Å². The first-order valence-corrected chi connectivity index (χ1v) is 12.9. The molecule has 2 unspecified atom stereocenters. The van der Waals surface area contributed by atoms with Gasteiger partial charge in [0.05, 0.1) is 16.9 Å². The van der Waals surface area contributed by atoms with Crippen molar-refractivity contribution in [2.24, 2.45) is 0 Å². The summed E-state index contributed by atoms with van der Waals surface area (Å²) >= 11 is 0. The van der Waals surface area contributed by atoms with Gasteiger partial charge in [-0.05, 0) is 43.4 Å². The molecule has 0 amide bonds. The molecule has 0 aromatic heterocycles. The monoisotopic (exact) mass is 413 g/mol. The summed E-state index contributed by atoms with van der Waals surface area (Å²) in [6.07, 6.45) is 12.7. The molecule has 3 aliphatic rings. The fraction of sp³-hybridized carbons (Fsp3) is 0.708. The quantitative estimate of drug-likeness (QED) is 0.705. The van der Waals surface area contributed by atoms with Crippen molar-refractivity contribution in [3.8, 4) is 6.07 Å². The molecule has 3 fully saturated rings. The van der Waals surface area contributed by atoms with Crippen molar-refractivity contribution < 1.29 is 4.21 Å². The molecule has 0 bridgehead atoms.